The SMILES string of the molecule is O[C@H]1CN(Cc2ccccc2)CC[C@@H]1CCCc1ccccc1. The van der Waals surface area contributed by atoms with Gasteiger partial charge in [0.15, 0.2) is 0 Å². The van der Waals surface area contributed by atoms with Crippen molar-refractivity contribution in [2.24, 2.45) is 5.92 Å². The molecule has 2 aromatic rings. The van der Waals surface area contributed by atoms with Crippen molar-refractivity contribution in [2.75, 3.05) is 13.1 Å². The Balaban J connectivity index is 1.42. The summed E-state index contributed by atoms with van der Waals surface area (Å²) in [4.78, 5) is 2.38. The van der Waals surface area contributed by atoms with Crippen molar-refractivity contribution in [3.63, 3.8) is 0 Å². The lowest BCUT2D eigenvalue weighted by molar-refractivity contribution is 0.0146. The molecule has 1 aliphatic rings. The molecular formula is C21H27NO. The molecule has 1 N–H and O–H groups in total. The number of aryl methyl sites for hydroxylation is 1. The number of benzene rings is 2. The van der Waals surface area contributed by atoms with Gasteiger partial charge >= 0.3 is 0 Å². The second-order valence-electron chi connectivity index (χ2n) is 6.71. The molecule has 0 aliphatic carbocycles. The number of aliphatic hydroxyl groups is 1. The number of hydrogen-bond acceptors (Lipinski definition) is 2. The maximum absolute atomic E-state index is 10.5. The molecule has 0 amide bonds. The van der Waals surface area contributed by atoms with Crippen molar-refractivity contribution in [3.05, 3.63) is 71.8 Å². The molecule has 0 spiro atoms. The molecule has 0 aromatic heterocycles. The van der Waals surface area contributed by atoms with Gasteiger partial charge in [0.2, 0.25) is 0 Å². The first-order valence-electron chi connectivity index (χ1n) is 8.79. The molecule has 23 heavy (non-hydrogen) atoms. The molecule has 0 unspecified atom stereocenters. The van der Waals surface area contributed by atoms with E-state index in [0.29, 0.717) is 5.92 Å². The third-order valence-electron chi connectivity index (χ3n) is 4.94. The predicted octanol–water partition coefficient (Wildman–Crippen LogP) is 3.89. The van der Waals surface area contributed by atoms with Gasteiger partial charge in [0.1, 0.15) is 0 Å². The number of likely N-dealkylation sites (tertiary alicyclic amines) is 1. The topological polar surface area (TPSA) is 23.5 Å². The molecule has 3 rings (SSSR count). The van der Waals surface area contributed by atoms with Gasteiger partial charge in [0.25, 0.3) is 0 Å². The van der Waals surface area contributed by atoms with Crippen molar-refractivity contribution in [1.82, 2.24) is 4.90 Å². The molecule has 1 fully saturated rings. The van der Waals surface area contributed by atoms with E-state index in [9.17, 15) is 5.11 Å². The Labute approximate surface area is 139 Å². The maximum Gasteiger partial charge on any atom is 0.0695 e. The minimum Gasteiger partial charge on any atom is -0.392 e. The largest absolute Gasteiger partial charge is 0.392 e. The standard InChI is InChI=1S/C21H27NO/c23-21-17-22(16-19-10-5-2-6-11-19)15-14-20(21)13-7-12-18-8-3-1-4-9-18/h1-6,8-11,20-21,23H,7,12-17H2/t20-,21-/m0/s1. The van der Waals surface area contributed by atoms with E-state index in [0.717, 1.165) is 38.9 Å². The average molecular weight is 309 g/mol. The van der Waals surface area contributed by atoms with E-state index in [-0.39, 0.29) is 6.10 Å². The monoisotopic (exact) mass is 309 g/mol. The highest BCUT2D eigenvalue weighted by atomic mass is 16.3. The Morgan fingerprint density at radius 3 is 2.22 bits per heavy atom. The van der Waals surface area contributed by atoms with Gasteiger partial charge in [-0.1, -0.05) is 60.7 Å². The Morgan fingerprint density at radius 2 is 1.57 bits per heavy atom. The highest BCUT2D eigenvalue weighted by Crippen LogP contribution is 2.24. The van der Waals surface area contributed by atoms with Crippen LogP contribution in [0.1, 0.15) is 30.4 Å². The van der Waals surface area contributed by atoms with Gasteiger partial charge < -0.3 is 5.11 Å². The predicted molar refractivity (Wildman–Crippen MR) is 95.2 cm³/mol. The highest BCUT2D eigenvalue weighted by molar-refractivity contribution is 5.15. The fraction of sp³-hybridized carbons (Fsp3) is 0.429. The molecule has 0 saturated carbocycles. The summed E-state index contributed by atoms with van der Waals surface area (Å²) in [5.74, 6) is 0.464. The van der Waals surface area contributed by atoms with Crippen molar-refractivity contribution in [3.8, 4) is 0 Å². The molecule has 2 atom stereocenters. The average Bonchev–Trinajstić information content (AvgIpc) is 2.59. The smallest absolute Gasteiger partial charge is 0.0695 e. The van der Waals surface area contributed by atoms with Crippen LogP contribution in [0.3, 0.4) is 0 Å². The minimum absolute atomic E-state index is 0.178. The molecule has 2 aromatic carbocycles. The molecule has 1 heterocycles. The molecule has 2 heteroatoms. The van der Waals surface area contributed by atoms with Crippen LogP contribution in [0.15, 0.2) is 60.7 Å². The third kappa shape index (κ3) is 4.92. The highest BCUT2D eigenvalue weighted by Gasteiger charge is 2.27. The Kier molecular flexibility index (Phi) is 5.84. The van der Waals surface area contributed by atoms with Crippen molar-refractivity contribution in [1.29, 1.82) is 0 Å². The molecule has 0 radical (unpaired) electrons. The Bertz CT molecular complexity index is 569. The van der Waals surface area contributed by atoms with Crippen LogP contribution in [-0.4, -0.2) is 29.2 Å². The first-order chi connectivity index (χ1) is 11.3. The van der Waals surface area contributed by atoms with Crippen LogP contribution < -0.4 is 0 Å². The summed E-state index contributed by atoms with van der Waals surface area (Å²) in [6, 6.07) is 21.2. The summed E-state index contributed by atoms with van der Waals surface area (Å²) in [6.07, 6.45) is 4.36. The Hall–Kier alpha value is -1.64. The lowest BCUT2D eigenvalue weighted by Gasteiger charge is -2.36. The van der Waals surface area contributed by atoms with Gasteiger partial charge in [0, 0.05) is 13.1 Å². The molecule has 0 bridgehead atoms. The lowest BCUT2D eigenvalue weighted by atomic mass is 9.88. The lowest BCUT2D eigenvalue weighted by Crippen LogP contribution is -2.43. The van der Waals surface area contributed by atoms with Crippen LogP contribution in [-0.2, 0) is 13.0 Å². The zero-order chi connectivity index (χ0) is 15.9. The van der Waals surface area contributed by atoms with Gasteiger partial charge in [-0.05, 0) is 49.3 Å². The van der Waals surface area contributed by atoms with Crippen molar-refractivity contribution >= 4 is 0 Å². The van der Waals surface area contributed by atoms with Gasteiger partial charge in [-0.3, -0.25) is 4.90 Å². The van der Waals surface area contributed by atoms with Crippen LogP contribution in [0, 0.1) is 5.92 Å². The van der Waals surface area contributed by atoms with E-state index in [1.165, 1.54) is 17.5 Å². The minimum atomic E-state index is -0.178. The van der Waals surface area contributed by atoms with E-state index in [2.05, 4.69) is 65.6 Å². The van der Waals surface area contributed by atoms with Crippen LogP contribution in [0.2, 0.25) is 0 Å². The first-order valence-corrected chi connectivity index (χ1v) is 8.79. The summed E-state index contributed by atoms with van der Waals surface area (Å²) >= 11 is 0. The van der Waals surface area contributed by atoms with Crippen LogP contribution >= 0.6 is 0 Å². The molecule has 1 saturated heterocycles. The summed E-state index contributed by atoms with van der Waals surface area (Å²) in [7, 11) is 0. The quantitative estimate of drug-likeness (QED) is 0.875. The van der Waals surface area contributed by atoms with Crippen LogP contribution in [0.4, 0.5) is 0 Å². The summed E-state index contributed by atoms with van der Waals surface area (Å²) in [5, 5.41) is 10.5. The van der Waals surface area contributed by atoms with Gasteiger partial charge in [0.05, 0.1) is 6.10 Å². The summed E-state index contributed by atoms with van der Waals surface area (Å²) < 4.78 is 0. The third-order valence-corrected chi connectivity index (χ3v) is 4.94. The number of β-amino-alcohol motifs (C(OH)–C–C–N with tert-alkyl or cyclic N) is 1. The van der Waals surface area contributed by atoms with E-state index in [4.69, 9.17) is 0 Å². The van der Waals surface area contributed by atoms with E-state index in [1.807, 2.05) is 0 Å². The number of nitrogens with zero attached hydrogens (tertiary/aromatic N) is 1. The fourth-order valence-electron chi connectivity index (χ4n) is 3.58. The van der Waals surface area contributed by atoms with Crippen molar-refractivity contribution in [2.45, 2.75) is 38.3 Å². The van der Waals surface area contributed by atoms with Gasteiger partial charge in [-0.25, -0.2) is 0 Å². The van der Waals surface area contributed by atoms with Gasteiger partial charge in [-0.15, -0.1) is 0 Å². The summed E-state index contributed by atoms with van der Waals surface area (Å²) in [5.41, 5.74) is 2.74. The molecule has 1 aliphatic heterocycles. The van der Waals surface area contributed by atoms with Crippen LogP contribution in [0.5, 0.6) is 0 Å². The van der Waals surface area contributed by atoms with E-state index < -0.39 is 0 Å². The molecule has 122 valence electrons. The second-order valence-corrected chi connectivity index (χ2v) is 6.71. The zero-order valence-electron chi connectivity index (χ0n) is 13.8. The van der Waals surface area contributed by atoms with Crippen LogP contribution in [0.25, 0.3) is 0 Å². The van der Waals surface area contributed by atoms with Gasteiger partial charge in [-0.2, -0.15) is 0 Å². The number of hydrogen-bond donors (Lipinski definition) is 1. The maximum atomic E-state index is 10.5. The summed E-state index contributed by atoms with van der Waals surface area (Å²) in [6.45, 7) is 2.86. The fourth-order valence-corrected chi connectivity index (χ4v) is 3.58. The Morgan fingerprint density at radius 1 is 0.913 bits per heavy atom. The van der Waals surface area contributed by atoms with Crippen molar-refractivity contribution < 1.29 is 5.11 Å². The zero-order valence-corrected chi connectivity index (χ0v) is 13.8. The number of piperidine rings is 1. The second kappa shape index (κ2) is 8.28. The number of rotatable bonds is 6. The molecule has 2 nitrogen and oxygen atoms in total. The van der Waals surface area contributed by atoms with E-state index in [1.54, 1.807) is 0 Å². The molecular weight excluding hydrogens is 282 g/mol. The first kappa shape index (κ1) is 16.2. The normalized spacial score (nSPS) is 22.1. The number of aliphatic hydroxyl groups excluding tert-OH is 1. The van der Waals surface area contributed by atoms with E-state index >= 15 is 0 Å².